The van der Waals surface area contributed by atoms with Gasteiger partial charge in [-0.1, -0.05) is 18.2 Å². The minimum atomic E-state index is -0.848. The Bertz CT molecular complexity index is 855. The van der Waals surface area contributed by atoms with Crippen molar-refractivity contribution in [1.82, 2.24) is 4.90 Å². The number of fused-ring (bicyclic) bond motifs is 1. The molecule has 28 heavy (non-hydrogen) atoms. The fourth-order valence-electron chi connectivity index (χ4n) is 4.57. The van der Waals surface area contributed by atoms with Crippen LogP contribution in [0.15, 0.2) is 48.5 Å². The van der Waals surface area contributed by atoms with Gasteiger partial charge in [0.15, 0.2) is 0 Å². The fourth-order valence-corrected chi connectivity index (χ4v) is 4.57. The van der Waals surface area contributed by atoms with Crippen molar-refractivity contribution in [2.45, 2.75) is 18.4 Å². The molecule has 2 aliphatic rings. The molecule has 3 atom stereocenters. The van der Waals surface area contributed by atoms with Crippen LogP contribution in [0.3, 0.4) is 0 Å². The second-order valence-electron chi connectivity index (χ2n) is 7.76. The molecule has 6 nitrogen and oxygen atoms in total. The third-order valence-corrected chi connectivity index (χ3v) is 5.99. The van der Waals surface area contributed by atoms with Crippen molar-refractivity contribution in [2.24, 2.45) is 11.8 Å². The minimum Gasteiger partial charge on any atom is -0.497 e. The number of urea groups is 1. The molecule has 2 fully saturated rings. The van der Waals surface area contributed by atoms with Gasteiger partial charge in [0.2, 0.25) is 0 Å². The summed E-state index contributed by atoms with van der Waals surface area (Å²) in [5, 5.41) is 14.2. The molecule has 0 radical (unpaired) electrons. The summed E-state index contributed by atoms with van der Waals surface area (Å²) < 4.78 is 10.5. The summed E-state index contributed by atoms with van der Waals surface area (Å²) in [7, 11) is 3.23. The number of nitrogens with zero attached hydrogens (tertiary/aromatic N) is 1. The van der Waals surface area contributed by atoms with Crippen LogP contribution in [0, 0.1) is 11.8 Å². The summed E-state index contributed by atoms with van der Waals surface area (Å²) >= 11 is 0. The van der Waals surface area contributed by atoms with E-state index in [0.717, 1.165) is 11.3 Å². The quantitative estimate of drug-likeness (QED) is 0.850. The highest BCUT2D eigenvalue weighted by Crippen LogP contribution is 2.49. The Kier molecular flexibility index (Phi) is 4.89. The summed E-state index contributed by atoms with van der Waals surface area (Å²) in [5.41, 5.74) is 0.766. The van der Waals surface area contributed by atoms with Crippen molar-refractivity contribution in [3.8, 4) is 11.5 Å². The molecule has 0 unspecified atom stereocenters. The molecule has 2 aromatic carbocycles. The van der Waals surface area contributed by atoms with Crippen molar-refractivity contribution in [3.05, 3.63) is 54.1 Å². The van der Waals surface area contributed by atoms with E-state index < -0.39 is 5.60 Å². The standard InChI is InChI=1S/C22H26N2O4/c1-27-19-7-3-5-17(9-19)22(26)11-15-13-24(14-16(15)12-22)21(25)23-18-6-4-8-20(10-18)28-2/h3-10,15-16,26H,11-14H2,1-2H3,(H,23,25)/t15-,16+,22-. The van der Waals surface area contributed by atoms with Gasteiger partial charge in [-0.2, -0.15) is 0 Å². The predicted molar refractivity (Wildman–Crippen MR) is 107 cm³/mol. The lowest BCUT2D eigenvalue weighted by Crippen LogP contribution is -2.35. The molecule has 1 aliphatic carbocycles. The fraction of sp³-hybridized carbons (Fsp3) is 0.409. The molecule has 2 amide bonds. The lowest BCUT2D eigenvalue weighted by molar-refractivity contribution is 0.0326. The van der Waals surface area contributed by atoms with E-state index in [9.17, 15) is 9.90 Å². The molecule has 0 spiro atoms. The van der Waals surface area contributed by atoms with E-state index >= 15 is 0 Å². The van der Waals surface area contributed by atoms with Crippen LogP contribution in [0.4, 0.5) is 10.5 Å². The number of benzene rings is 2. The summed E-state index contributed by atoms with van der Waals surface area (Å²) in [6.45, 7) is 1.32. The maximum absolute atomic E-state index is 12.7. The Balaban J connectivity index is 1.40. The monoisotopic (exact) mass is 382 g/mol. The van der Waals surface area contributed by atoms with Gasteiger partial charge in [0.1, 0.15) is 11.5 Å². The van der Waals surface area contributed by atoms with Gasteiger partial charge in [-0.15, -0.1) is 0 Å². The summed E-state index contributed by atoms with van der Waals surface area (Å²) in [4.78, 5) is 14.5. The maximum Gasteiger partial charge on any atom is 0.321 e. The van der Waals surface area contributed by atoms with Crippen molar-refractivity contribution >= 4 is 11.7 Å². The van der Waals surface area contributed by atoms with Crippen LogP contribution in [0.1, 0.15) is 18.4 Å². The first kappa shape index (κ1) is 18.6. The second-order valence-corrected chi connectivity index (χ2v) is 7.76. The number of rotatable bonds is 4. The Morgan fingerprint density at radius 1 is 1.04 bits per heavy atom. The Morgan fingerprint density at radius 2 is 1.64 bits per heavy atom. The van der Waals surface area contributed by atoms with E-state index in [0.29, 0.717) is 49.2 Å². The number of anilines is 1. The molecule has 2 N–H and O–H groups in total. The largest absolute Gasteiger partial charge is 0.497 e. The lowest BCUT2D eigenvalue weighted by Gasteiger charge is -2.27. The number of likely N-dealkylation sites (tertiary alicyclic amines) is 1. The zero-order chi connectivity index (χ0) is 19.7. The maximum atomic E-state index is 12.7. The van der Waals surface area contributed by atoms with Crippen LogP contribution >= 0.6 is 0 Å². The Morgan fingerprint density at radius 3 is 2.29 bits per heavy atom. The Hall–Kier alpha value is -2.73. The van der Waals surface area contributed by atoms with Crippen LogP contribution in [0.5, 0.6) is 11.5 Å². The van der Waals surface area contributed by atoms with Crippen molar-refractivity contribution in [2.75, 3.05) is 32.6 Å². The number of ether oxygens (including phenoxy) is 2. The first-order valence-corrected chi connectivity index (χ1v) is 9.57. The van der Waals surface area contributed by atoms with Gasteiger partial charge in [0.25, 0.3) is 0 Å². The SMILES string of the molecule is COc1cccc(NC(=O)N2C[C@@H]3C[C@@](O)(c4cccc(OC)c4)C[C@@H]3C2)c1. The first-order valence-electron chi connectivity index (χ1n) is 9.57. The minimum absolute atomic E-state index is 0.104. The summed E-state index contributed by atoms with van der Waals surface area (Å²) in [5.74, 6) is 2.06. The van der Waals surface area contributed by atoms with Gasteiger partial charge >= 0.3 is 6.03 Å². The second kappa shape index (κ2) is 7.36. The van der Waals surface area contributed by atoms with Crippen molar-refractivity contribution in [3.63, 3.8) is 0 Å². The highest BCUT2D eigenvalue weighted by atomic mass is 16.5. The van der Waals surface area contributed by atoms with Gasteiger partial charge in [-0.3, -0.25) is 0 Å². The van der Waals surface area contributed by atoms with Gasteiger partial charge in [-0.05, 0) is 54.5 Å². The van der Waals surface area contributed by atoms with Gasteiger partial charge < -0.3 is 24.8 Å². The first-order chi connectivity index (χ1) is 13.5. The molecule has 1 aliphatic heterocycles. The Labute approximate surface area is 165 Å². The average Bonchev–Trinajstić information content (AvgIpc) is 3.24. The molecular formula is C22H26N2O4. The zero-order valence-electron chi connectivity index (χ0n) is 16.2. The lowest BCUT2D eigenvalue weighted by atomic mass is 9.90. The predicted octanol–water partition coefficient (Wildman–Crippen LogP) is 3.47. The summed E-state index contributed by atoms with van der Waals surface area (Å²) in [6, 6.07) is 14.9. The van der Waals surface area contributed by atoms with Gasteiger partial charge in [-0.25, -0.2) is 4.79 Å². The number of methoxy groups -OCH3 is 2. The molecule has 1 saturated heterocycles. The smallest absolute Gasteiger partial charge is 0.321 e. The average molecular weight is 382 g/mol. The number of carbonyl (C=O) groups excluding carboxylic acids is 1. The molecule has 4 rings (SSSR count). The van der Waals surface area contributed by atoms with Crippen molar-refractivity contribution in [1.29, 1.82) is 0 Å². The van der Waals surface area contributed by atoms with Crippen LogP contribution in [-0.4, -0.2) is 43.3 Å². The number of hydrogen-bond acceptors (Lipinski definition) is 4. The highest BCUT2D eigenvalue weighted by Gasteiger charge is 2.50. The van der Waals surface area contributed by atoms with Crippen LogP contribution in [0.2, 0.25) is 0 Å². The molecule has 0 aromatic heterocycles. The number of carbonyl (C=O) groups is 1. The number of hydrogen-bond donors (Lipinski definition) is 2. The third kappa shape index (κ3) is 3.52. The molecule has 2 aromatic rings. The van der Waals surface area contributed by atoms with Gasteiger partial charge in [0, 0.05) is 24.8 Å². The van der Waals surface area contributed by atoms with E-state index in [4.69, 9.17) is 9.47 Å². The molecule has 1 heterocycles. The van der Waals surface area contributed by atoms with Crippen LogP contribution < -0.4 is 14.8 Å². The zero-order valence-corrected chi connectivity index (χ0v) is 16.2. The van der Waals surface area contributed by atoms with Crippen LogP contribution in [-0.2, 0) is 5.60 Å². The van der Waals surface area contributed by atoms with Gasteiger partial charge in [0.05, 0.1) is 19.8 Å². The highest BCUT2D eigenvalue weighted by molar-refractivity contribution is 5.89. The van der Waals surface area contributed by atoms with E-state index in [1.54, 1.807) is 20.3 Å². The molecular weight excluding hydrogens is 356 g/mol. The molecule has 0 bridgehead atoms. The number of aliphatic hydroxyl groups is 1. The molecule has 6 heteroatoms. The number of nitrogens with one attached hydrogen (secondary N) is 1. The van der Waals surface area contributed by atoms with E-state index in [-0.39, 0.29) is 6.03 Å². The van der Waals surface area contributed by atoms with Crippen LogP contribution in [0.25, 0.3) is 0 Å². The third-order valence-electron chi connectivity index (χ3n) is 5.99. The molecule has 1 saturated carbocycles. The van der Waals surface area contributed by atoms with E-state index in [2.05, 4.69) is 5.32 Å². The number of amides is 2. The normalized spacial score (nSPS) is 26.0. The summed E-state index contributed by atoms with van der Waals surface area (Å²) in [6.07, 6.45) is 1.32. The van der Waals surface area contributed by atoms with E-state index in [1.165, 1.54) is 0 Å². The van der Waals surface area contributed by atoms with E-state index in [1.807, 2.05) is 47.4 Å². The topological polar surface area (TPSA) is 71.0 Å². The van der Waals surface area contributed by atoms with Crippen molar-refractivity contribution < 1.29 is 19.4 Å². The molecule has 148 valence electrons.